The van der Waals surface area contributed by atoms with Gasteiger partial charge in [-0.1, -0.05) is 18.2 Å². The molecule has 3 N–H and O–H groups in total. The number of imidazole rings is 1. The number of hydrogen-bond acceptors (Lipinski definition) is 6. The van der Waals surface area contributed by atoms with Gasteiger partial charge in [0.25, 0.3) is 5.91 Å². The van der Waals surface area contributed by atoms with Crippen LogP contribution in [0.3, 0.4) is 0 Å². The maximum atomic E-state index is 13.0. The molecule has 6 rings (SSSR count). The number of aromatic nitrogens is 4. The van der Waals surface area contributed by atoms with Crippen LogP contribution in [0.4, 0.5) is 11.6 Å². The summed E-state index contributed by atoms with van der Waals surface area (Å²) in [6.45, 7) is 2.80. The molecular formula is C29H31N7O2. The fraction of sp³-hybridized carbons (Fsp3) is 0.345. The summed E-state index contributed by atoms with van der Waals surface area (Å²) in [6, 6.07) is 12.9. The van der Waals surface area contributed by atoms with Crippen LogP contribution in [0.2, 0.25) is 0 Å². The molecule has 1 aromatic carbocycles. The molecule has 2 unspecified atom stereocenters. The third kappa shape index (κ3) is 4.71. The first-order valence-corrected chi connectivity index (χ1v) is 13.2. The van der Waals surface area contributed by atoms with E-state index in [1.165, 1.54) is 12.8 Å². The molecule has 0 spiro atoms. The smallest absolute Gasteiger partial charge is 0.256 e. The molecule has 2 aliphatic rings. The first-order chi connectivity index (χ1) is 18.5. The predicted octanol–water partition coefficient (Wildman–Crippen LogP) is 4.52. The van der Waals surface area contributed by atoms with Crippen LogP contribution in [0.5, 0.6) is 0 Å². The highest BCUT2D eigenvalue weighted by Gasteiger charge is 2.35. The van der Waals surface area contributed by atoms with Crippen molar-refractivity contribution in [2.24, 2.45) is 5.92 Å². The van der Waals surface area contributed by atoms with Crippen LogP contribution < -0.4 is 11.1 Å². The summed E-state index contributed by atoms with van der Waals surface area (Å²) in [7, 11) is 0. The van der Waals surface area contributed by atoms with Gasteiger partial charge in [0.2, 0.25) is 5.91 Å². The number of amides is 2. The van der Waals surface area contributed by atoms with Crippen molar-refractivity contribution in [1.82, 2.24) is 24.3 Å². The monoisotopic (exact) mass is 509 g/mol. The van der Waals surface area contributed by atoms with Crippen molar-refractivity contribution in [2.45, 2.75) is 51.0 Å². The topological polar surface area (TPSA) is 119 Å². The molecule has 1 saturated carbocycles. The number of benzene rings is 1. The fourth-order valence-electron chi connectivity index (χ4n) is 5.33. The lowest BCUT2D eigenvalue weighted by molar-refractivity contribution is -0.135. The molecule has 4 aromatic rings. The zero-order chi connectivity index (χ0) is 26.2. The number of pyridine rings is 1. The molecule has 2 amide bonds. The minimum Gasteiger partial charge on any atom is -0.382 e. The van der Waals surface area contributed by atoms with E-state index < -0.39 is 0 Å². The normalized spacial score (nSPS) is 19.4. The third-order valence-corrected chi connectivity index (χ3v) is 7.67. The highest BCUT2D eigenvalue weighted by Crippen LogP contribution is 2.37. The van der Waals surface area contributed by atoms with Gasteiger partial charge >= 0.3 is 0 Å². The van der Waals surface area contributed by atoms with Crippen LogP contribution in [0, 0.1) is 5.92 Å². The van der Waals surface area contributed by atoms with Crippen molar-refractivity contribution in [3.8, 4) is 11.3 Å². The van der Waals surface area contributed by atoms with E-state index in [9.17, 15) is 9.59 Å². The number of piperidine rings is 1. The molecule has 0 bridgehead atoms. The Labute approximate surface area is 221 Å². The molecule has 2 fully saturated rings. The molecule has 4 heterocycles. The number of nitrogens with one attached hydrogen (secondary N) is 1. The summed E-state index contributed by atoms with van der Waals surface area (Å²) in [5, 5.41) is 2.80. The Kier molecular flexibility index (Phi) is 6.27. The van der Waals surface area contributed by atoms with Crippen molar-refractivity contribution < 1.29 is 9.59 Å². The number of nitrogen functional groups attached to an aromatic ring is 1. The van der Waals surface area contributed by atoms with Crippen LogP contribution in [-0.2, 0) is 4.79 Å². The highest BCUT2D eigenvalue weighted by molar-refractivity contribution is 6.04. The summed E-state index contributed by atoms with van der Waals surface area (Å²) < 4.78 is 2.02. The number of carbonyl (C=O) groups excluding carboxylic acids is 2. The molecule has 9 nitrogen and oxygen atoms in total. The van der Waals surface area contributed by atoms with E-state index in [1.54, 1.807) is 36.7 Å². The molecule has 194 valence electrons. The molecule has 1 aliphatic carbocycles. The van der Waals surface area contributed by atoms with Gasteiger partial charge in [0.15, 0.2) is 0 Å². The van der Waals surface area contributed by atoms with E-state index in [4.69, 9.17) is 10.7 Å². The van der Waals surface area contributed by atoms with E-state index in [2.05, 4.69) is 22.2 Å². The van der Waals surface area contributed by atoms with Gasteiger partial charge in [-0.15, -0.1) is 0 Å². The average Bonchev–Trinajstić information content (AvgIpc) is 3.66. The van der Waals surface area contributed by atoms with Crippen molar-refractivity contribution >= 4 is 29.0 Å². The number of fused-ring (bicyclic) bond motifs is 1. The zero-order valence-corrected chi connectivity index (χ0v) is 21.4. The van der Waals surface area contributed by atoms with Gasteiger partial charge in [-0.05, 0) is 62.8 Å². The minimum absolute atomic E-state index is 0.0980. The molecule has 1 aliphatic heterocycles. The van der Waals surface area contributed by atoms with Crippen LogP contribution >= 0.6 is 0 Å². The number of nitrogens with zero attached hydrogens (tertiary/aromatic N) is 5. The summed E-state index contributed by atoms with van der Waals surface area (Å²) >= 11 is 0. The van der Waals surface area contributed by atoms with Gasteiger partial charge in [0.1, 0.15) is 28.7 Å². The number of likely N-dealkylation sites (tertiary alicyclic amines) is 1. The number of rotatable bonds is 6. The summed E-state index contributed by atoms with van der Waals surface area (Å²) in [6.07, 6.45) is 10.1. The fourth-order valence-corrected chi connectivity index (χ4v) is 5.33. The van der Waals surface area contributed by atoms with Crippen molar-refractivity contribution in [3.63, 3.8) is 0 Å². The van der Waals surface area contributed by atoms with Gasteiger partial charge in [0.05, 0.1) is 0 Å². The van der Waals surface area contributed by atoms with E-state index in [1.807, 2.05) is 33.7 Å². The molecule has 9 heteroatoms. The van der Waals surface area contributed by atoms with Gasteiger partial charge < -0.3 is 16.0 Å². The number of anilines is 2. The minimum atomic E-state index is -0.237. The average molecular weight is 510 g/mol. The number of nitrogens with two attached hydrogens (primary N) is 1. The van der Waals surface area contributed by atoms with E-state index in [-0.39, 0.29) is 23.8 Å². The van der Waals surface area contributed by atoms with Crippen molar-refractivity contribution in [2.75, 3.05) is 17.6 Å². The van der Waals surface area contributed by atoms with E-state index >= 15 is 0 Å². The summed E-state index contributed by atoms with van der Waals surface area (Å²) in [5.74, 6) is 2.46. The Balaban J connectivity index is 1.29. The molecule has 2 atom stereocenters. The van der Waals surface area contributed by atoms with E-state index in [0.29, 0.717) is 36.1 Å². The predicted molar refractivity (Wildman–Crippen MR) is 146 cm³/mol. The molecule has 38 heavy (non-hydrogen) atoms. The maximum Gasteiger partial charge on any atom is 0.256 e. The molecular weight excluding hydrogens is 478 g/mol. The molecule has 3 aromatic heterocycles. The van der Waals surface area contributed by atoms with Crippen molar-refractivity contribution in [1.29, 1.82) is 0 Å². The van der Waals surface area contributed by atoms with Crippen LogP contribution in [0.1, 0.15) is 61.1 Å². The van der Waals surface area contributed by atoms with Crippen LogP contribution in [0.25, 0.3) is 16.8 Å². The van der Waals surface area contributed by atoms with Gasteiger partial charge in [-0.25, -0.2) is 15.0 Å². The van der Waals surface area contributed by atoms with Crippen LogP contribution in [0.15, 0.2) is 61.1 Å². The zero-order valence-electron chi connectivity index (χ0n) is 21.4. The first kappa shape index (κ1) is 24.1. The molecule has 1 saturated heterocycles. The third-order valence-electron chi connectivity index (χ3n) is 7.67. The summed E-state index contributed by atoms with van der Waals surface area (Å²) in [4.78, 5) is 41.3. The Hall–Kier alpha value is -4.27. The Morgan fingerprint density at radius 1 is 1.03 bits per heavy atom. The second kappa shape index (κ2) is 9.89. The second-order valence-corrected chi connectivity index (χ2v) is 10.4. The first-order valence-electron chi connectivity index (χ1n) is 13.2. The standard InChI is InChI=1S/C29H31N7O2/c1-18-5-8-22(17-36(18)24(37)16-19-6-7-19)28-34-25(26-27(30)32-14-15-35(26)28)20-9-11-21(12-10-20)29(38)33-23-4-2-3-13-31-23/h2-4,9-15,18-19,22H,5-8,16-17H2,1H3,(H2,30,32)(H,31,33,38). The van der Waals surface area contributed by atoms with Gasteiger partial charge in [-0.2, -0.15) is 0 Å². The number of carbonyl (C=O) groups is 2. The lowest BCUT2D eigenvalue weighted by atomic mass is 9.92. The Morgan fingerprint density at radius 2 is 1.84 bits per heavy atom. The Morgan fingerprint density at radius 3 is 2.58 bits per heavy atom. The quantitative estimate of drug-likeness (QED) is 0.395. The van der Waals surface area contributed by atoms with Gasteiger partial charge in [-0.3, -0.25) is 14.0 Å². The lowest BCUT2D eigenvalue weighted by Gasteiger charge is -2.37. The number of hydrogen-bond donors (Lipinski definition) is 2. The molecule has 0 radical (unpaired) electrons. The maximum absolute atomic E-state index is 13.0. The van der Waals surface area contributed by atoms with Crippen LogP contribution in [-0.4, -0.2) is 48.7 Å². The SMILES string of the molecule is CC1CCC(c2nc(-c3ccc(C(=O)Nc4ccccn4)cc3)c3c(N)nccn23)CN1C(=O)CC1CC1. The second-order valence-electron chi connectivity index (χ2n) is 10.4. The largest absolute Gasteiger partial charge is 0.382 e. The summed E-state index contributed by atoms with van der Waals surface area (Å²) in [5.41, 5.74) is 9.17. The lowest BCUT2D eigenvalue weighted by Crippen LogP contribution is -2.45. The highest BCUT2D eigenvalue weighted by atomic mass is 16.2. The van der Waals surface area contributed by atoms with Crippen molar-refractivity contribution in [3.05, 3.63) is 72.4 Å². The van der Waals surface area contributed by atoms with Gasteiger partial charge in [0, 0.05) is 54.6 Å². The Bertz CT molecular complexity index is 1480. The van der Waals surface area contributed by atoms with E-state index in [0.717, 1.165) is 35.4 Å².